The van der Waals surface area contributed by atoms with Gasteiger partial charge < -0.3 is 14.5 Å². The third-order valence-corrected chi connectivity index (χ3v) is 2.88. The minimum absolute atomic E-state index is 0.103. The molecule has 0 aliphatic carbocycles. The Morgan fingerprint density at radius 1 is 1.71 bits per heavy atom. The third-order valence-electron chi connectivity index (χ3n) is 2.88. The van der Waals surface area contributed by atoms with Crippen molar-refractivity contribution in [1.29, 1.82) is 0 Å². The first kappa shape index (κ1) is 9.74. The molecule has 2 unspecified atom stereocenters. The predicted octanol–water partition coefficient (Wildman–Crippen LogP) is 1.76. The molecule has 1 aromatic heterocycles. The van der Waals surface area contributed by atoms with E-state index in [1.165, 1.54) is 0 Å². The first-order valence-electron chi connectivity index (χ1n) is 5.01. The van der Waals surface area contributed by atoms with Crippen LogP contribution in [0.2, 0.25) is 0 Å². The summed E-state index contributed by atoms with van der Waals surface area (Å²) >= 11 is 0. The molecule has 2 rings (SSSR count). The number of hydrogen-bond donors (Lipinski definition) is 1. The summed E-state index contributed by atoms with van der Waals surface area (Å²) in [5.74, 6) is 1.57. The Labute approximate surface area is 84.4 Å². The van der Waals surface area contributed by atoms with Gasteiger partial charge in [0.15, 0.2) is 0 Å². The Morgan fingerprint density at radius 3 is 3.21 bits per heavy atom. The average Bonchev–Trinajstić information content (AvgIpc) is 2.73. The Morgan fingerprint density at radius 2 is 2.57 bits per heavy atom. The smallest absolute Gasteiger partial charge is 0.108 e. The zero-order valence-corrected chi connectivity index (χ0v) is 8.75. The standard InChI is InChI=1S/C11H17NO2/c1-11(8-13-2)6-9(7-12-11)10-4-3-5-14-10/h3-5,9,12H,6-8H2,1-2H3. The Hall–Kier alpha value is -0.800. The summed E-state index contributed by atoms with van der Waals surface area (Å²) in [7, 11) is 1.74. The molecule has 2 heterocycles. The lowest BCUT2D eigenvalue weighted by Crippen LogP contribution is -2.40. The van der Waals surface area contributed by atoms with Gasteiger partial charge in [-0.3, -0.25) is 0 Å². The van der Waals surface area contributed by atoms with Crippen molar-refractivity contribution in [3.63, 3.8) is 0 Å². The topological polar surface area (TPSA) is 34.4 Å². The van der Waals surface area contributed by atoms with Crippen molar-refractivity contribution >= 4 is 0 Å². The van der Waals surface area contributed by atoms with Crippen molar-refractivity contribution in [3.05, 3.63) is 24.2 Å². The van der Waals surface area contributed by atoms with Crippen LogP contribution < -0.4 is 5.32 Å². The van der Waals surface area contributed by atoms with Gasteiger partial charge in [0.05, 0.1) is 12.9 Å². The highest BCUT2D eigenvalue weighted by molar-refractivity contribution is 5.12. The van der Waals surface area contributed by atoms with Gasteiger partial charge in [0.1, 0.15) is 5.76 Å². The van der Waals surface area contributed by atoms with Crippen LogP contribution >= 0.6 is 0 Å². The average molecular weight is 195 g/mol. The van der Waals surface area contributed by atoms with Crippen molar-refractivity contribution in [3.8, 4) is 0 Å². The fraction of sp³-hybridized carbons (Fsp3) is 0.636. The molecule has 0 spiro atoms. The quantitative estimate of drug-likeness (QED) is 0.798. The van der Waals surface area contributed by atoms with E-state index in [-0.39, 0.29) is 5.54 Å². The molecule has 1 aliphatic heterocycles. The molecule has 14 heavy (non-hydrogen) atoms. The van der Waals surface area contributed by atoms with Gasteiger partial charge in [0, 0.05) is 25.1 Å². The third kappa shape index (κ3) is 1.83. The summed E-state index contributed by atoms with van der Waals surface area (Å²) in [4.78, 5) is 0. The molecule has 0 aromatic carbocycles. The molecule has 2 atom stereocenters. The van der Waals surface area contributed by atoms with Gasteiger partial charge in [-0.1, -0.05) is 0 Å². The summed E-state index contributed by atoms with van der Waals surface area (Å²) < 4.78 is 10.6. The normalized spacial score (nSPS) is 32.3. The Bertz CT molecular complexity index is 283. The monoisotopic (exact) mass is 195 g/mol. The lowest BCUT2D eigenvalue weighted by atomic mass is 9.94. The van der Waals surface area contributed by atoms with Gasteiger partial charge in [-0.25, -0.2) is 0 Å². The lowest BCUT2D eigenvalue weighted by Gasteiger charge is -2.22. The van der Waals surface area contributed by atoms with Crippen LogP contribution in [0.25, 0.3) is 0 Å². The highest BCUT2D eigenvalue weighted by Gasteiger charge is 2.36. The van der Waals surface area contributed by atoms with E-state index < -0.39 is 0 Å². The van der Waals surface area contributed by atoms with Gasteiger partial charge in [-0.05, 0) is 25.5 Å². The van der Waals surface area contributed by atoms with Gasteiger partial charge in [-0.15, -0.1) is 0 Å². The predicted molar refractivity (Wildman–Crippen MR) is 54.3 cm³/mol. The van der Waals surface area contributed by atoms with Crippen LogP contribution in [0, 0.1) is 0 Å². The molecule has 0 amide bonds. The second-order valence-corrected chi connectivity index (χ2v) is 4.29. The number of furan rings is 1. The highest BCUT2D eigenvalue weighted by atomic mass is 16.5. The molecule has 3 heteroatoms. The maximum absolute atomic E-state index is 5.41. The largest absolute Gasteiger partial charge is 0.469 e. The number of hydrogen-bond acceptors (Lipinski definition) is 3. The molecule has 78 valence electrons. The van der Waals surface area contributed by atoms with Crippen LogP contribution in [-0.2, 0) is 4.74 Å². The van der Waals surface area contributed by atoms with Crippen LogP contribution in [0.3, 0.4) is 0 Å². The van der Waals surface area contributed by atoms with Crippen molar-refractivity contribution in [1.82, 2.24) is 5.32 Å². The minimum atomic E-state index is 0.103. The molecule has 1 N–H and O–H groups in total. The first-order chi connectivity index (χ1) is 6.73. The fourth-order valence-electron chi connectivity index (χ4n) is 2.21. The molecule has 0 bridgehead atoms. The van der Waals surface area contributed by atoms with E-state index in [4.69, 9.17) is 9.15 Å². The zero-order chi connectivity index (χ0) is 10.0. The minimum Gasteiger partial charge on any atom is -0.469 e. The molecule has 0 radical (unpaired) electrons. The second kappa shape index (κ2) is 3.75. The second-order valence-electron chi connectivity index (χ2n) is 4.29. The summed E-state index contributed by atoms with van der Waals surface area (Å²) in [6.45, 7) is 3.93. The van der Waals surface area contributed by atoms with Crippen LogP contribution in [0.15, 0.2) is 22.8 Å². The Kier molecular flexibility index (Phi) is 2.61. The summed E-state index contributed by atoms with van der Waals surface area (Å²) in [5.41, 5.74) is 0.103. The van der Waals surface area contributed by atoms with Crippen molar-refractivity contribution in [2.75, 3.05) is 20.3 Å². The molecule has 0 saturated carbocycles. The number of ether oxygens (including phenoxy) is 1. The van der Waals surface area contributed by atoms with Crippen molar-refractivity contribution in [2.24, 2.45) is 0 Å². The van der Waals surface area contributed by atoms with Crippen LogP contribution in [0.4, 0.5) is 0 Å². The zero-order valence-electron chi connectivity index (χ0n) is 8.75. The molecule has 1 saturated heterocycles. The van der Waals surface area contributed by atoms with E-state index in [1.54, 1.807) is 13.4 Å². The van der Waals surface area contributed by atoms with Gasteiger partial charge in [-0.2, -0.15) is 0 Å². The van der Waals surface area contributed by atoms with Gasteiger partial charge in [0.2, 0.25) is 0 Å². The lowest BCUT2D eigenvalue weighted by molar-refractivity contribution is 0.129. The van der Waals surface area contributed by atoms with E-state index in [0.717, 1.165) is 25.3 Å². The molecule has 3 nitrogen and oxygen atoms in total. The van der Waals surface area contributed by atoms with Gasteiger partial charge >= 0.3 is 0 Å². The first-order valence-corrected chi connectivity index (χ1v) is 5.01. The molecular weight excluding hydrogens is 178 g/mol. The van der Waals surface area contributed by atoms with Crippen molar-refractivity contribution in [2.45, 2.75) is 24.8 Å². The Balaban J connectivity index is 2.01. The molecule has 1 aliphatic rings. The number of nitrogens with one attached hydrogen (secondary N) is 1. The van der Waals surface area contributed by atoms with Gasteiger partial charge in [0.25, 0.3) is 0 Å². The fourth-order valence-corrected chi connectivity index (χ4v) is 2.21. The maximum atomic E-state index is 5.41. The molecular formula is C11H17NO2. The SMILES string of the molecule is COCC1(C)CC(c2ccco2)CN1. The van der Waals surface area contributed by atoms with E-state index >= 15 is 0 Å². The molecule has 1 aromatic rings. The summed E-state index contributed by atoms with van der Waals surface area (Å²) in [5, 5.41) is 3.49. The van der Waals surface area contributed by atoms with Crippen LogP contribution in [-0.4, -0.2) is 25.8 Å². The van der Waals surface area contributed by atoms with E-state index in [1.807, 2.05) is 12.1 Å². The maximum Gasteiger partial charge on any atom is 0.108 e. The van der Waals surface area contributed by atoms with Crippen LogP contribution in [0.5, 0.6) is 0 Å². The van der Waals surface area contributed by atoms with E-state index in [0.29, 0.717) is 5.92 Å². The van der Waals surface area contributed by atoms with E-state index in [2.05, 4.69) is 12.2 Å². The summed E-state index contributed by atoms with van der Waals surface area (Å²) in [6, 6.07) is 3.99. The summed E-state index contributed by atoms with van der Waals surface area (Å²) in [6.07, 6.45) is 2.82. The molecule has 1 fully saturated rings. The van der Waals surface area contributed by atoms with Crippen molar-refractivity contribution < 1.29 is 9.15 Å². The number of methoxy groups -OCH3 is 1. The number of rotatable bonds is 3. The highest BCUT2D eigenvalue weighted by Crippen LogP contribution is 2.31. The van der Waals surface area contributed by atoms with E-state index in [9.17, 15) is 0 Å². The van der Waals surface area contributed by atoms with Crippen LogP contribution in [0.1, 0.15) is 25.0 Å².